The van der Waals surface area contributed by atoms with Crippen LogP contribution in [0.2, 0.25) is 0 Å². The number of benzene rings is 2. The molecule has 1 saturated carbocycles. The quantitative estimate of drug-likeness (QED) is 0.427. The zero-order valence-electron chi connectivity index (χ0n) is 16.1. The average molecular weight is 458 g/mol. The molecule has 29 heavy (non-hydrogen) atoms. The maximum Gasteiger partial charge on any atom is 0.352 e. The molecule has 152 valence electrons. The molecule has 0 unspecified atom stereocenters. The average Bonchev–Trinajstić information content (AvgIpc) is 3.00. The Balaban J connectivity index is 1.69. The number of para-hydroxylation sites is 1. The molecule has 2 aromatic carbocycles. The number of halogens is 1. The van der Waals surface area contributed by atoms with E-state index < -0.39 is 5.97 Å². The van der Waals surface area contributed by atoms with E-state index >= 15 is 0 Å². The largest absolute Gasteiger partial charge is 0.477 e. The van der Waals surface area contributed by atoms with Crippen molar-refractivity contribution in [3.05, 3.63) is 64.3 Å². The topological polar surface area (TPSA) is 75.6 Å². The van der Waals surface area contributed by atoms with Crippen LogP contribution in [0.1, 0.15) is 44.1 Å². The summed E-state index contributed by atoms with van der Waals surface area (Å²) in [5, 5.41) is 12.1. The van der Waals surface area contributed by atoms with Crippen LogP contribution in [-0.4, -0.2) is 17.0 Å². The minimum absolute atomic E-state index is 0.111. The lowest BCUT2D eigenvalue weighted by molar-refractivity contribution is -0.135. The molecule has 0 atom stereocenters. The minimum Gasteiger partial charge on any atom is -0.477 e. The molecule has 0 aliphatic heterocycles. The van der Waals surface area contributed by atoms with Crippen LogP contribution in [0.25, 0.3) is 6.08 Å². The van der Waals surface area contributed by atoms with Crippen molar-refractivity contribution >= 4 is 33.9 Å². The lowest BCUT2D eigenvalue weighted by Crippen LogP contribution is -2.32. The number of carbonyl (C=O) groups is 2. The third-order valence-corrected chi connectivity index (χ3v) is 5.62. The van der Waals surface area contributed by atoms with Crippen LogP contribution < -0.4 is 10.1 Å². The minimum atomic E-state index is -1.15. The number of nitrogens with one attached hydrogen (secondary N) is 1. The van der Waals surface area contributed by atoms with Gasteiger partial charge in [-0.05, 0) is 64.7 Å². The number of hydrogen-bond acceptors (Lipinski definition) is 3. The van der Waals surface area contributed by atoms with Crippen molar-refractivity contribution in [3.63, 3.8) is 0 Å². The molecular weight excluding hydrogens is 434 g/mol. The molecular formula is C23H24BrNO4. The molecule has 1 aliphatic rings. The zero-order valence-corrected chi connectivity index (χ0v) is 17.7. The van der Waals surface area contributed by atoms with E-state index in [2.05, 4.69) is 21.2 Å². The number of rotatable bonds is 6. The number of carboxylic acid groups (broad SMARTS) is 1. The summed E-state index contributed by atoms with van der Waals surface area (Å²) < 4.78 is 6.66. The van der Waals surface area contributed by atoms with E-state index in [1.807, 2.05) is 24.3 Å². The second-order valence-corrected chi connectivity index (χ2v) is 8.00. The van der Waals surface area contributed by atoms with Gasteiger partial charge in [0.2, 0.25) is 5.91 Å². The third-order valence-electron chi connectivity index (χ3n) is 4.97. The van der Waals surface area contributed by atoms with Gasteiger partial charge in [-0.15, -0.1) is 0 Å². The molecule has 2 N–H and O–H groups in total. The van der Waals surface area contributed by atoms with Gasteiger partial charge in [0.1, 0.15) is 17.2 Å². The number of aliphatic carboxylic acids is 1. The summed E-state index contributed by atoms with van der Waals surface area (Å²) in [4.78, 5) is 24.1. The van der Waals surface area contributed by atoms with E-state index in [9.17, 15) is 14.7 Å². The lowest BCUT2D eigenvalue weighted by atomic mass is 9.99. The second-order valence-electron chi connectivity index (χ2n) is 7.14. The summed E-state index contributed by atoms with van der Waals surface area (Å²) in [6.07, 6.45) is 7.42. The van der Waals surface area contributed by atoms with Gasteiger partial charge in [-0.3, -0.25) is 4.79 Å². The number of amides is 1. The molecule has 0 bridgehead atoms. The Kier molecular flexibility index (Phi) is 7.47. The molecule has 0 heterocycles. The predicted molar refractivity (Wildman–Crippen MR) is 116 cm³/mol. The molecule has 1 amide bonds. The summed E-state index contributed by atoms with van der Waals surface area (Å²) in [5.74, 6) is -0.138. The smallest absolute Gasteiger partial charge is 0.352 e. The van der Waals surface area contributed by atoms with Crippen molar-refractivity contribution in [2.75, 3.05) is 0 Å². The normalized spacial score (nSPS) is 15.4. The van der Waals surface area contributed by atoms with E-state index in [0.717, 1.165) is 43.0 Å². The fraction of sp³-hybridized carbons (Fsp3) is 0.304. The summed E-state index contributed by atoms with van der Waals surface area (Å²) in [6.45, 7) is 0. The van der Waals surface area contributed by atoms with Gasteiger partial charge in [0.15, 0.2) is 0 Å². The molecule has 3 rings (SSSR count). The standard InChI is InChI=1S/C23H24BrNO4/c24-19-9-5-6-10-21(19)29-18-13-11-16(12-14-18)15-20(23(27)28)25-22(26)17-7-3-1-2-4-8-17/h5-6,9-15,17H,1-4,7-8H2,(H,25,26)(H,27,28). The highest BCUT2D eigenvalue weighted by Gasteiger charge is 2.22. The van der Waals surface area contributed by atoms with Crippen LogP contribution in [0.5, 0.6) is 11.5 Å². The van der Waals surface area contributed by atoms with E-state index in [0.29, 0.717) is 17.1 Å². The van der Waals surface area contributed by atoms with Gasteiger partial charge in [0.25, 0.3) is 0 Å². The Labute approximate surface area is 178 Å². The maximum atomic E-state index is 12.5. The Bertz CT molecular complexity index is 884. The molecule has 0 radical (unpaired) electrons. The van der Waals surface area contributed by atoms with Gasteiger partial charge in [-0.1, -0.05) is 49.9 Å². The van der Waals surface area contributed by atoms with Crippen LogP contribution in [0.4, 0.5) is 0 Å². The number of carbonyl (C=O) groups excluding carboxylic acids is 1. The lowest BCUT2D eigenvalue weighted by Gasteiger charge is -2.14. The van der Waals surface area contributed by atoms with Crippen molar-refractivity contribution in [2.45, 2.75) is 38.5 Å². The SMILES string of the molecule is O=C(O)C(=Cc1ccc(Oc2ccccc2Br)cc1)NC(=O)C1CCCCCC1. The van der Waals surface area contributed by atoms with Crippen LogP contribution in [0, 0.1) is 5.92 Å². The molecule has 1 fully saturated rings. The monoisotopic (exact) mass is 457 g/mol. The molecule has 0 saturated heterocycles. The number of hydrogen-bond donors (Lipinski definition) is 2. The van der Waals surface area contributed by atoms with Crippen LogP contribution in [-0.2, 0) is 9.59 Å². The fourth-order valence-electron chi connectivity index (χ4n) is 3.38. The van der Waals surface area contributed by atoms with Crippen molar-refractivity contribution < 1.29 is 19.4 Å². The van der Waals surface area contributed by atoms with E-state index in [-0.39, 0.29) is 17.5 Å². The highest BCUT2D eigenvalue weighted by molar-refractivity contribution is 9.10. The first-order valence-corrected chi connectivity index (χ1v) is 10.6. The Hall–Kier alpha value is -2.60. The maximum absolute atomic E-state index is 12.5. The van der Waals surface area contributed by atoms with Gasteiger partial charge in [-0.25, -0.2) is 4.79 Å². The zero-order chi connectivity index (χ0) is 20.6. The highest BCUT2D eigenvalue weighted by Crippen LogP contribution is 2.29. The third kappa shape index (κ3) is 6.19. The molecule has 2 aromatic rings. The highest BCUT2D eigenvalue weighted by atomic mass is 79.9. The summed E-state index contributed by atoms with van der Waals surface area (Å²) >= 11 is 3.44. The van der Waals surface area contributed by atoms with Crippen LogP contribution >= 0.6 is 15.9 Å². The van der Waals surface area contributed by atoms with Gasteiger partial charge in [0.05, 0.1) is 4.47 Å². The number of carboxylic acids is 1. The first-order chi connectivity index (χ1) is 14.0. The predicted octanol–water partition coefficient (Wildman–Crippen LogP) is 5.75. The molecule has 0 spiro atoms. The van der Waals surface area contributed by atoms with Gasteiger partial charge < -0.3 is 15.2 Å². The molecule has 1 aliphatic carbocycles. The van der Waals surface area contributed by atoms with Crippen molar-refractivity contribution in [1.82, 2.24) is 5.32 Å². The first-order valence-electron chi connectivity index (χ1n) is 9.81. The number of ether oxygens (including phenoxy) is 1. The second kappa shape index (κ2) is 10.3. The first kappa shape index (κ1) is 21.1. The van der Waals surface area contributed by atoms with Gasteiger partial charge in [0, 0.05) is 5.92 Å². The van der Waals surface area contributed by atoms with Crippen LogP contribution in [0.3, 0.4) is 0 Å². The van der Waals surface area contributed by atoms with Gasteiger partial charge in [-0.2, -0.15) is 0 Å². The Morgan fingerprint density at radius 2 is 1.66 bits per heavy atom. The molecule has 6 heteroatoms. The molecule has 0 aromatic heterocycles. The molecule has 5 nitrogen and oxygen atoms in total. The van der Waals surface area contributed by atoms with Crippen molar-refractivity contribution in [3.8, 4) is 11.5 Å². The van der Waals surface area contributed by atoms with E-state index in [1.165, 1.54) is 6.08 Å². The fourth-order valence-corrected chi connectivity index (χ4v) is 3.75. The summed E-state index contributed by atoms with van der Waals surface area (Å²) in [7, 11) is 0. The summed E-state index contributed by atoms with van der Waals surface area (Å²) in [5.41, 5.74) is 0.557. The van der Waals surface area contributed by atoms with Crippen LogP contribution in [0.15, 0.2) is 58.7 Å². The summed E-state index contributed by atoms with van der Waals surface area (Å²) in [6, 6.07) is 14.6. The van der Waals surface area contributed by atoms with E-state index in [4.69, 9.17) is 4.74 Å². The van der Waals surface area contributed by atoms with Crippen molar-refractivity contribution in [2.24, 2.45) is 5.92 Å². The van der Waals surface area contributed by atoms with Crippen molar-refractivity contribution in [1.29, 1.82) is 0 Å². The van der Waals surface area contributed by atoms with Gasteiger partial charge >= 0.3 is 5.97 Å². The Morgan fingerprint density at radius 3 is 2.28 bits per heavy atom. The Morgan fingerprint density at radius 1 is 1.00 bits per heavy atom. The van der Waals surface area contributed by atoms with E-state index in [1.54, 1.807) is 24.3 Å².